The maximum absolute atomic E-state index is 16.9. The number of rotatable bonds is 6. The Morgan fingerprint density at radius 1 is 0.855 bits per heavy atom. The molecule has 0 radical (unpaired) electrons. The number of aromatic nitrogens is 4. The molecule has 5 rings (SSSR count). The van der Waals surface area contributed by atoms with Crippen LogP contribution in [0.5, 0.6) is 0 Å². The zero-order chi connectivity index (χ0) is 40.6. The first-order valence-electron chi connectivity index (χ1n) is 18.2. The van der Waals surface area contributed by atoms with E-state index in [4.69, 9.17) is 24.0 Å². The molecule has 2 N–H and O–H groups in total. The first-order chi connectivity index (χ1) is 25.5. The van der Waals surface area contributed by atoms with Crippen molar-refractivity contribution in [2.45, 2.75) is 124 Å². The second-order valence-corrected chi connectivity index (χ2v) is 16.8. The van der Waals surface area contributed by atoms with E-state index in [0.29, 0.717) is 34.5 Å². The molecule has 4 heterocycles. The number of ether oxygens (including phenoxy) is 4. The summed E-state index contributed by atoms with van der Waals surface area (Å²) >= 11 is 0. The standard InChI is InChI=1S/C40H52FN7O7/c1-22-13-14-25(52-12)21-47-29(22)17-32(46-47)44-31-16-24-15-26(33(41)34(28(24)19-43-31)45-35(49)53-38(3,4)5)27-18-42-20-30(23(27)2)48(36(50)54-39(6,7)8)37(51)55-40(9,10)11/h15-20,22,25H,13-14,21H2,1-12H3,(H,45,49)(H,43,44,46). The number of nitrogens with zero attached hydrogens (tertiary/aromatic N) is 5. The number of pyridine rings is 2. The van der Waals surface area contributed by atoms with Gasteiger partial charge in [0.05, 0.1) is 30.2 Å². The highest BCUT2D eigenvalue weighted by Crippen LogP contribution is 2.40. The van der Waals surface area contributed by atoms with Gasteiger partial charge in [0.2, 0.25) is 0 Å². The number of imide groups is 1. The molecule has 3 aromatic heterocycles. The lowest BCUT2D eigenvalue weighted by Gasteiger charge is -2.29. The van der Waals surface area contributed by atoms with Crippen LogP contribution in [0, 0.1) is 12.7 Å². The molecule has 0 fully saturated rings. The normalized spacial score (nSPS) is 16.2. The molecule has 0 aliphatic carbocycles. The molecule has 3 amide bonds. The monoisotopic (exact) mass is 761 g/mol. The van der Waals surface area contributed by atoms with E-state index in [0.717, 1.165) is 23.4 Å². The van der Waals surface area contributed by atoms with Crippen molar-refractivity contribution in [1.82, 2.24) is 19.7 Å². The average Bonchev–Trinajstić information content (AvgIpc) is 3.37. The van der Waals surface area contributed by atoms with Crippen LogP contribution < -0.4 is 15.5 Å². The summed E-state index contributed by atoms with van der Waals surface area (Å²) in [5, 5.41) is 11.4. The van der Waals surface area contributed by atoms with Crippen LogP contribution in [0.3, 0.4) is 0 Å². The summed E-state index contributed by atoms with van der Waals surface area (Å²) in [6.45, 7) is 19.5. The van der Waals surface area contributed by atoms with Gasteiger partial charge in [-0.3, -0.25) is 15.0 Å². The van der Waals surface area contributed by atoms with E-state index in [-0.39, 0.29) is 34.5 Å². The number of halogens is 1. The minimum atomic E-state index is -0.999. The predicted molar refractivity (Wildman–Crippen MR) is 208 cm³/mol. The van der Waals surface area contributed by atoms with Crippen molar-refractivity contribution in [2.24, 2.45) is 0 Å². The van der Waals surface area contributed by atoms with Crippen molar-refractivity contribution < 1.29 is 37.7 Å². The van der Waals surface area contributed by atoms with Gasteiger partial charge >= 0.3 is 18.3 Å². The summed E-state index contributed by atoms with van der Waals surface area (Å²) in [5.74, 6) is 0.455. The predicted octanol–water partition coefficient (Wildman–Crippen LogP) is 9.62. The summed E-state index contributed by atoms with van der Waals surface area (Å²) in [4.78, 5) is 49.8. The number of carbonyl (C=O) groups excluding carboxylic acids is 3. The lowest BCUT2D eigenvalue weighted by Crippen LogP contribution is -2.44. The third-order valence-corrected chi connectivity index (χ3v) is 8.66. The number of hydrogen-bond acceptors (Lipinski definition) is 11. The van der Waals surface area contributed by atoms with Crippen molar-refractivity contribution in [3.05, 3.63) is 53.9 Å². The van der Waals surface area contributed by atoms with Gasteiger partial charge in [0.15, 0.2) is 11.6 Å². The van der Waals surface area contributed by atoms with E-state index in [1.807, 2.05) is 10.7 Å². The molecule has 2 atom stereocenters. The highest BCUT2D eigenvalue weighted by molar-refractivity contribution is 6.11. The summed E-state index contributed by atoms with van der Waals surface area (Å²) in [5.41, 5.74) is -1.32. The molecular weight excluding hydrogens is 709 g/mol. The van der Waals surface area contributed by atoms with Crippen molar-refractivity contribution in [1.29, 1.82) is 0 Å². The molecule has 296 valence electrons. The Kier molecular flexibility index (Phi) is 11.5. The van der Waals surface area contributed by atoms with Gasteiger partial charge in [-0.2, -0.15) is 10.00 Å². The minimum Gasteiger partial charge on any atom is -0.444 e. The molecule has 55 heavy (non-hydrogen) atoms. The number of amides is 3. The number of carbonyl (C=O) groups is 3. The molecule has 1 aliphatic heterocycles. The highest BCUT2D eigenvalue weighted by Gasteiger charge is 2.35. The lowest BCUT2D eigenvalue weighted by molar-refractivity contribution is 0.0429. The van der Waals surface area contributed by atoms with E-state index in [1.54, 1.807) is 88.5 Å². The smallest absolute Gasteiger partial charge is 0.424 e. The largest absolute Gasteiger partial charge is 0.444 e. The average molecular weight is 762 g/mol. The zero-order valence-corrected chi connectivity index (χ0v) is 33.7. The second kappa shape index (κ2) is 15.4. The maximum atomic E-state index is 16.9. The Bertz CT molecular complexity index is 2070. The van der Waals surface area contributed by atoms with Crippen LogP contribution in [-0.2, 0) is 25.5 Å². The Morgan fingerprint density at radius 2 is 1.49 bits per heavy atom. The molecule has 0 bridgehead atoms. The quantitative estimate of drug-likeness (QED) is 0.180. The van der Waals surface area contributed by atoms with Crippen LogP contribution in [0.1, 0.15) is 99.3 Å². The van der Waals surface area contributed by atoms with Crippen LogP contribution in [0.15, 0.2) is 36.8 Å². The molecule has 1 aliphatic rings. The number of benzene rings is 1. The fourth-order valence-electron chi connectivity index (χ4n) is 6.19. The van der Waals surface area contributed by atoms with Gasteiger partial charge < -0.3 is 24.3 Å². The fourth-order valence-corrected chi connectivity index (χ4v) is 6.19. The summed E-state index contributed by atoms with van der Waals surface area (Å²) in [6.07, 6.45) is 3.25. The van der Waals surface area contributed by atoms with E-state index in [1.165, 1.54) is 18.6 Å². The first kappa shape index (κ1) is 40.9. The summed E-state index contributed by atoms with van der Waals surface area (Å²) in [6, 6.07) is 5.29. The van der Waals surface area contributed by atoms with Crippen LogP contribution in [0.2, 0.25) is 0 Å². The van der Waals surface area contributed by atoms with Crippen LogP contribution in [-0.4, -0.2) is 68.0 Å². The number of anilines is 4. The van der Waals surface area contributed by atoms with E-state index in [2.05, 4.69) is 27.5 Å². The van der Waals surface area contributed by atoms with Gasteiger partial charge in [-0.1, -0.05) is 6.92 Å². The van der Waals surface area contributed by atoms with Crippen LogP contribution >= 0.6 is 0 Å². The molecule has 0 saturated carbocycles. The van der Waals surface area contributed by atoms with Crippen LogP contribution in [0.25, 0.3) is 21.9 Å². The third-order valence-electron chi connectivity index (χ3n) is 8.66. The van der Waals surface area contributed by atoms with Crippen molar-refractivity contribution in [2.75, 3.05) is 22.6 Å². The molecular formula is C40H52FN7O7. The molecule has 1 aromatic carbocycles. The van der Waals surface area contributed by atoms with Crippen molar-refractivity contribution >= 4 is 52.1 Å². The second-order valence-electron chi connectivity index (χ2n) is 16.8. The van der Waals surface area contributed by atoms with Gasteiger partial charge in [0, 0.05) is 47.8 Å². The highest BCUT2D eigenvalue weighted by atomic mass is 19.1. The van der Waals surface area contributed by atoms with Crippen LogP contribution in [0.4, 0.5) is 41.8 Å². The molecule has 2 unspecified atom stereocenters. The molecule has 0 spiro atoms. The molecule has 14 nitrogen and oxygen atoms in total. The molecule has 0 saturated heterocycles. The third kappa shape index (κ3) is 9.87. The topological polar surface area (TPSA) is 159 Å². The molecule has 15 heteroatoms. The Balaban J connectivity index is 1.64. The van der Waals surface area contributed by atoms with Crippen molar-refractivity contribution in [3.63, 3.8) is 0 Å². The Morgan fingerprint density at radius 3 is 2.09 bits per heavy atom. The Hall–Kier alpha value is -5.31. The van der Waals surface area contributed by atoms with E-state index in [9.17, 15) is 14.4 Å². The minimum absolute atomic E-state index is 0.0173. The summed E-state index contributed by atoms with van der Waals surface area (Å²) < 4.78 is 41.2. The number of methoxy groups -OCH3 is 1. The molecule has 4 aromatic rings. The van der Waals surface area contributed by atoms with Gasteiger partial charge in [0.25, 0.3) is 0 Å². The van der Waals surface area contributed by atoms with Gasteiger partial charge in [-0.25, -0.2) is 23.8 Å². The van der Waals surface area contributed by atoms with Gasteiger partial charge in [-0.15, -0.1) is 0 Å². The Labute approximate surface area is 321 Å². The first-order valence-corrected chi connectivity index (χ1v) is 18.2. The number of fused-ring (bicyclic) bond motifs is 2. The maximum Gasteiger partial charge on any atom is 0.424 e. The SMILES string of the molecule is COC1CCC(C)c2cc(Nc3cc4cc(-c5cncc(N(C(=O)OC(C)(C)C)C(=O)OC(C)(C)C)c5C)c(F)c(NC(=O)OC(C)(C)C)c4cn3)nn2C1. The van der Waals surface area contributed by atoms with E-state index >= 15 is 4.39 Å². The van der Waals surface area contributed by atoms with Crippen molar-refractivity contribution in [3.8, 4) is 11.1 Å². The number of nitrogens with one attached hydrogen (secondary N) is 2. The number of hydrogen-bond donors (Lipinski definition) is 2. The van der Waals surface area contributed by atoms with E-state index < -0.39 is 40.9 Å². The zero-order valence-electron chi connectivity index (χ0n) is 33.7. The lowest BCUT2D eigenvalue weighted by atomic mass is 9.97. The fraction of sp³-hybridized carbons (Fsp3) is 0.500. The summed E-state index contributed by atoms with van der Waals surface area (Å²) in [7, 11) is 1.71. The van der Waals surface area contributed by atoms with Gasteiger partial charge in [-0.05, 0) is 111 Å². The van der Waals surface area contributed by atoms with Gasteiger partial charge in [0.1, 0.15) is 22.6 Å².